The third-order valence-corrected chi connectivity index (χ3v) is 4.78. The summed E-state index contributed by atoms with van der Waals surface area (Å²) in [5.41, 5.74) is 1.46. The van der Waals surface area contributed by atoms with E-state index in [-0.39, 0.29) is 18.5 Å². The fraction of sp³-hybridized carbons (Fsp3) is 0.316. The van der Waals surface area contributed by atoms with Gasteiger partial charge in [0.2, 0.25) is 0 Å². The average molecular weight is 366 g/mol. The molecule has 1 heterocycles. The van der Waals surface area contributed by atoms with Gasteiger partial charge in [-0.1, -0.05) is 72.3 Å². The van der Waals surface area contributed by atoms with Gasteiger partial charge in [0.05, 0.1) is 0 Å². The maximum Gasteiger partial charge on any atom is 0.336 e. The first kappa shape index (κ1) is 18.8. The SMILES string of the molecule is Cl.O=C(OC1CCNCC1)C(Cl)(c1ccccc1)c1ccccc1. The van der Waals surface area contributed by atoms with Crippen LogP contribution in [0.5, 0.6) is 0 Å². The van der Waals surface area contributed by atoms with Crippen LogP contribution >= 0.6 is 24.0 Å². The molecule has 0 spiro atoms. The van der Waals surface area contributed by atoms with Crippen molar-refractivity contribution in [2.24, 2.45) is 0 Å². The Morgan fingerprint density at radius 1 is 0.958 bits per heavy atom. The lowest BCUT2D eigenvalue weighted by atomic mass is 9.90. The lowest BCUT2D eigenvalue weighted by Gasteiger charge is -2.30. The van der Waals surface area contributed by atoms with Gasteiger partial charge >= 0.3 is 5.97 Å². The van der Waals surface area contributed by atoms with Crippen molar-refractivity contribution in [3.8, 4) is 0 Å². The fourth-order valence-electron chi connectivity index (χ4n) is 2.88. The number of hydrogen-bond acceptors (Lipinski definition) is 3. The summed E-state index contributed by atoms with van der Waals surface area (Å²) in [7, 11) is 0. The van der Waals surface area contributed by atoms with Crippen LogP contribution in [-0.2, 0) is 14.4 Å². The van der Waals surface area contributed by atoms with Crippen LogP contribution in [0, 0.1) is 0 Å². The van der Waals surface area contributed by atoms with Gasteiger partial charge in [0.25, 0.3) is 0 Å². The summed E-state index contributed by atoms with van der Waals surface area (Å²) in [6, 6.07) is 18.8. The van der Waals surface area contributed by atoms with Crippen molar-refractivity contribution >= 4 is 30.0 Å². The number of rotatable bonds is 4. The molecule has 0 unspecified atom stereocenters. The second-order valence-corrected chi connectivity index (χ2v) is 6.31. The number of carbonyl (C=O) groups is 1. The van der Waals surface area contributed by atoms with Crippen molar-refractivity contribution in [2.45, 2.75) is 23.8 Å². The number of nitrogens with one attached hydrogen (secondary N) is 1. The van der Waals surface area contributed by atoms with E-state index in [4.69, 9.17) is 16.3 Å². The third kappa shape index (κ3) is 3.92. The van der Waals surface area contributed by atoms with Gasteiger partial charge in [-0.3, -0.25) is 0 Å². The first-order chi connectivity index (χ1) is 11.2. The molecule has 0 atom stereocenters. The van der Waals surface area contributed by atoms with Gasteiger partial charge in [0.1, 0.15) is 6.10 Å². The molecule has 128 valence electrons. The highest BCUT2D eigenvalue weighted by atomic mass is 35.5. The van der Waals surface area contributed by atoms with Gasteiger partial charge in [-0.2, -0.15) is 0 Å². The van der Waals surface area contributed by atoms with Crippen LogP contribution in [-0.4, -0.2) is 25.2 Å². The van der Waals surface area contributed by atoms with Gasteiger partial charge in [-0.25, -0.2) is 4.79 Å². The molecule has 0 aliphatic carbocycles. The van der Waals surface area contributed by atoms with Crippen LogP contribution in [0.15, 0.2) is 60.7 Å². The topological polar surface area (TPSA) is 38.3 Å². The highest BCUT2D eigenvalue weighted by Gasteiger charge is 2.42. The van der Waals surface area contributed by atoms with E-state index in [1.165, 1.54) is 0 Å². The number of carbonyl (C=O) groups excluding carboxylic acids is 1. The molecule has 24 heavy (non-hydrogen) atoms. The second-order valence-electron chi connectivity index (χ2n) is 5.75. The lowest BCUT2D eigenvalue weighted by Crippen LogP contribution is -2.39. The first-order valence-corrected chi connectivity index (χ1v) is 8.31. The summed E-state index contributed by atoms with van der Waals surface area (Å²) < 4.78 is 5.75. The molecule has 1 aliphatic heterocycles. The molecule has 1 N–H and O–H groups in total. The Bertz CT molecular complexity index is 603. The Labute approximate surface area is 153 Å². The molecule has 0 aromatic heterocycles. The van der Waals surface area contributed by atoms with Gasteiger partial charge in [-0.15, -0.1) is 12.4 Å². The minimum absolute atomic E-state index is 0. The van der Waals surface area contributed by atoms with E-state index in [1.807, 2.05) is 60.7 Å². The summed E-state index contributed by atoms with van der Waals surface area (Å²) >= 11 is 6.87. The highest BCUT2D eigenvalue weighted by molar-refractivity contribution is 6.36. The van der Waals surface area contributed by atoms with E-state index in [1.54, 1.807) is 0 Å². The van der Waals surface area contributed by atoms with Crippen molar-refractivity contribution < 1.29 is 9.53 Å². The van der Waals surface area contributed by atoms with Crippen molar-refractivity contribution in [3.05, 3.63) is 71.8 Å². The minimum atomic E-state index is -1.31. The van der Waals surface area contributed by atoms with E-state index in [9.17, 15) is 4.79 Å². The van der Waals surface area contributed by atoms with Gasteiger partial charge < -0.3 is 10.1 Å². The third-order valence-electron chi connectivity index (χ3n) is 4.18. The van der Waals surface area contributed by atoms with Gasteiger partial charge in [0, 0.05) is 0 Å². The fourth-order valence-corrected chi connectivity index (χ4v) is 3.18. The van der Waals surface area contributed by atoms with Crippen molar-refractivity contribution in [2.75, 3.05) is 13.1 Å². The Kier molecular flexibility index (Phi) is 6.67. The van der Waals surface area contributed by atoms with Crippen molar-refractivity contribution in [1.29, 1.82) is 0 Å². The normalized spacial score (nSPS) is 15.4. The predicted octanol–water partition coefficient (Wildman–Crippen LogP) is 3.89. The maximum atomic E-state index is 13.0. The predicted molar refractivity (Wildman–Crippen MR) is 98.7 cm³/mol. The molecule has 2 aromatic rings. The molecule has 2 aromatic carbocycles. The van der Waals surface area contributed by atoms with Gasteiger partial charge in [0.15, 0.2) is 4.87 Å². The molecule has 0 radical (unpaired) electrons. The molecule has 1 aliphatic rings. The summed E-state index contributed by atoms with van der Waals surface area (Å²) in [6.45, 7) is 1.73. The number of halogens is 2. The summed E-state index contributed by atoms with van der Waals surface area (Å²) in [5.74, 6) is -0.400. The molecular weight excluding hydrogens is 345 g/mol. The van der Waals surface area contributed by atoms with Crippen LogP contribution < -0.4 is 5.32 Å². The Balaban J connectivity index is 0.00000208. The maximum absolute atomic E-state index is 13.0. The van der Waals surface area contributed by atoms with Crippen LogP contribution in [0.1, 0.15) is 24.0 Å². The van der Waals surface area contributed by atoms with Crippen LogP contribution in [0.2, 0.25) is 0 Å². The molecular formula is C19H21Cl2NO2. The summed E-state index contributed by atoms with van der Waals surface area (Å²) in [4.78, 5) is 11.6. The van der Waals surface area contributed by atoms with E-state index >= 15 is 0 Å². The second kappa shape index (κ2) is 8.52. The smallest absolute Gasteiger partial charge is 0.336 e. The highest BCUT2D eigenvalue weighted by Crippen LogP contribution is 2.38. The van der Waals surface area contributed by atoms with Crippen molar-refractivity contribution in [1.82, 2.24) is 5.32 Å². The van der Waals surface area contributed by atoms with E-state index < -0.39 is 10.8 Å². The van der Waals surface area contributed by atoms with E-state index in [0.717, 1.165) is 37.1 Å². The molecule has 0 bridgehead atoms. The Morgan fingerprint density at radius 3 is 1.88 bits per heavy atom. The summed E-state index contributed by atoms with van der Waals surface area (Å²) in [5, 5.41) is 3.27. The number of alkyl halides is 1. The number of hydrogen-bond donors (Lipinski definition) is 1. The lowest BCUT2D eigenvalue weighted by molar-refractivity contribution is -0.152. The van der Waals surface area contributed by atoms with Crippen LogP contribution in [0.4, 0.5) is 0 Å². The zero-order valence-electron chi connectivity index (χ0n) is 13.3. The average Bonchev–Trinajstić information content (AvgIpc) is 2.63. The van der Waals surface area contributed by atoms with E-state index in [0.29, 0.717) is 0 Å². The molecule has 3 nitrogen and oxygen atoms in total. The Morgan fingerprint density at radius 2 is 1.42 bits per heavy atom. The quantitative estimate of drug-likeness (QED) is 0.659. The first-order valence-electron chi connectivity index (χ1n) is 7.93. The molecule has 5 heteroatoms. The number of benzene rings is 2. The minimum Gasteiger partial charge on any atom is -0.460 e. The monoisotopic (exact) mass is 365 g/mol. The number of ether oxygens (including phenoxy) is 1. The number of piperidine rings is 1. The largest absolute Gasteiger partial charge is 0.460 e. The standard InChI is InChI=1S/C19H20ClNO2.ClH/c20-19(15-7-3-1-4-8-15,16-9-5-2-6-10-16)18(22)23-17-11-13-21-14-12-17;/h1-10,17,21H,11-14H2;1H. The van der Waals surface area contributed by atoms with Crippen LogP contribution in [0.25, 0.3) is 0 Å². The zero-order valence-corrected chi connectivity index (χ0v) is 14.9. The molecule has 0 saturated carbocycles. The number of esters is 1. The molecule has 3 rings (SSSR count). The van der Waals surface area contributed by atoms with E-state index in [2.05, 4.69) is 5.32 Å². The summed E-state index contributed by atoms with van der Waals surface area (Å²) in [6.07, 6.45) is 1.57. The van der Waals surface area contributed by atoms with Crippen LogP contribution in [0.3, 0.4) is 0 Å². The zero-order chi connectivity index (χ0) is 16.1. The molecule has 0 amide bonds. The molecule has 1 saturated heterocycles. The molecule has 1 fully saturated rings. The van der Waals surface area contributed by atoms with Crippen molar-refractivity contribution in [3.63, 3.8) is 0 Å². The van der Waals surface area contributed by atoms with Gasteiger partial charge in [-0.05, 0) is 37.1 Å². The Hall–Kier alpha value is -1.55.